The van der Waals surface area contributed by atoms with Crippen LogP contribution >= 0.6 is 0 Å². The molecule has 0 aromatic carbocycles. The molecular formula is C56H107NO5. The summed E-state index contributed by atoms with van der Waals surface area (Å²) in [6.07, 6.45) is 61.5. The lowest BCUT2D eigenvalue weighted by molar-refractivity contribution is -0.143. The molecule has 0 aliphatic carbocycles. The summed E-state index contributed by atoms with van der Waals surface area (Å²) < 4.78 is 5.45. The van der Waals surface area contributed by atoms with Crippen LogP contribution in [0.25, 0.3) is 0 Å². The first-order chi connectivity index (χ1) is 30.5. The van der Waals surface area contributed by atoms with E-state index in [1.54, 1.807) is 0 Å². The second-order valence-corrected chi connectivity index (χ2v) is 18.9. The lowest BCUT2D eigenvalue weighted by Crippen LogP contribution is -2.45. The first-order valence-corrected chi connectivity index (χ1v) is 27.6. The second kappa shape index (κ2) is 52.0. The highest BCUT2D eigenvalue weighted by molar-refractivity contribution is 5.76. The number of allylic oxidation sites excluding steroid dienone is 4. The number of aliphatic hydroxyl groups is 2. The number of hydrogen-bond acceptors (Lipinski definition) is 5. The van der Waals surface area contributed by atoms with Gasteiger partial charge in [-0.2, -0.15) is 0 Å². The molecular weight excluding hydrogens is 767 g/mol. The second-order valence-electron chi connectivity index (χ2n) is 18.9. The Kier molecular flexibility index (Phi) is 50.6. The molecule has 3 N–H and O–H groups in total. The first kappa shape index (κ1) is 60.3. The molecule has 62 heavy (non-hydrogen) atoms. The summed E-state index contributed by atoms with van der Waals surface area (Å²) in [5.41, 5.74) is 0. The molecule has 0 heterocycles. The van der Waals surface area contributed by atoms with Crippen LogP contribution in [0.4, 0.5) is 0 Å². The van der Waals surface area contributed by atoms with Crippen molar-refractivity contribution in [3.05, 3.63) is 24.3 Å². The predicted molar refractivity (Wildman–Crippen MR) is 269 cm³/mol. The maximum absolute atomic E-state index is 12.5. The Balaban J connectivity index is 3.45. The number of carbonyl (C=O) groups excluding carboxylic acids is 2. The van der Waals surface area contributed by atoms with Gasteiger partial charge < -0.3 is 20.3 Å². The molecule has 0 rings (SSSR count). The summed E-state index contributed by atoms with van der Waals surface area (Å²) in [6.45, 7) is 4.87. The zero-order chi connectivity index (χ0) is 45.1. The van der Waals surface area contributed by atoms with Crippen molar-refractivity contribution in [3.8, 4) is 0 Å². The van der Waals surface area contributed by atoms with Crippen LogP contribution in [0.15, 0.2) is 24.3 Å². The van der Waals surface area contributed by atoms with Crippen molar-refractivity contribution in [2.45, 2.75) is 309 Å². The van der Waals surface area contributed by atoms with Gasteiger partial charge in [-0.05, 0) is 51.4 Å². The zero-order valence-electron chi connectivity index (χ0n) is 41.6. The minimum absolute atomic E-state index is 0.0172. The van der Waals surface area contributed by atoms with Crippen LogP contribution in [0.5, 0.6) is 0 Å². The maximum atomic E-state index is 12.5. The standard InChI is InChI=1S/C56H107NO5/c1-3-5-7-9-11-13-15-17-18-19-20-21-25-28-32-36-40-44-48-54(59)53(52-58)57-55(60)49-45-41-37-33-29-26-22-23-27-31-35-39-43-47-51-62-56(61)50-46-42-38-34-30-24-16-14-12-10-8-6-4-2/h8,10,14,16,53-54,58-59H,3-7,9,11-13,15,17-52H2,1-2H3,(H,57,60)/b10-8-,16-14-. The molecule has 0 spiro atoms. The monoisotopic (exact) mass is 874 g/mol. The third kappa shape index (κ3) is 47.8. The van der Waals surface area contributed by atoms with Gasteiger partial charge in [0, 0.05) is 12.8 Å². The van der Waals surface area contributed by atoms with Crippen LogP contribution in [-0.2, 0) is 14.3 Å². The van der Waals surface area contributed by atoms with Gasteiger partial charge in [-0.25, -0.2) is 0 Å². The van der Waals surface area contributed by atoms with Crippen molar-refractivity contribution in [1.82, 2.24) is 5.32 Å². The molecule has 0 aromatic rings. The molecule has 0 aromatic heterocycles. The molecule has 1 amide bonds. The fourth-order valence-corrected chi connectivity index (χ4v) is 8.50. The summed E-state index contributed by atoms with van der Waals surface area (Å²) in [5, 5.41) is 23.3. The number of hydrogen-bond donors (Lipinski definition) is 3. The minimum atomic E-state index is -0.672. The van der Waals surface area contributed by atoms with E-state index in [9.17, 15) is 19.8 Å². The summed E-state index contributed by atoms with van der Waals surface area (Å²) >= 11 is 0. The van der Waals surface area contributed by atoms with Gasteiger partial charge in [0.25, 0.3) is 0 Å². The van der Waals surface area contributed by atoms with Crippen LogP contribution in [0.1, 0.15) is 296 Å². The van der Waals surface area contributed by atoms with E-state index in [4.69, 9.17) is 4.74 Å². The molecule has 366 valence electrons. The van der Waals surface area contributed by atoms with Crippen LogP contribution in [0, 0.1) is 0 Å². The fourth-order valence-electron chi connectivity index (χ4n) is 8.50. The van der Waals surface area contributed by atoms with Gasteiger partial charge >= 0.3 is 5.97 Å². The van der Waals surface area contributed by atoms with Crippen LogP contribution in [-0.4, -0.2) is 47.4 Å². The van der Waals surface area contributed by atoms with Crippen molar-refractivity contribution in [2.75, 3.05) is 13.2 Å². The minimum Gasteiger partial charge on any atom is -0.466 e. The molecule has 0 aliphatic heterocycles. The number of carbonyl (C=O) groups is 2. The SMILES string of the molecule is CCC/C=C\C/C=C\CCCCCCCC(=O)OCCCCCCCCCCCCCCCCC(=O)NC(CO)C(O)CCCCCCCCCCCCCCCCCCCC. The Morgan fingerprint density at radius 3 is 1.29 bits per heavy atom. The smallest absolute Gasteiger partial charge is 0.305 e. The number of ether oxygens (including phenoxy) is 1. The van der Waals surface area contributed by atoms with E-state index < -0.39 is 12.1 Å². The lowest BCUT2D eigenvalue weighted by atomic mass is 10.0. The van der Waals surface area contributed by atoms with Crippen molar-refractivity contribution in [3.63, 3.8) is 0 Å². The summed E-state index contributed by atoms with van der Waals surface area (Å²) in [6, 6.07) is -0.550. The molecule has 0 fully saturated rings. The molecule has 0 saturated heterocycles. The number of esters is 1. The third-order valence-corrected chi connectivity index (χ3v) is 12.7. The number of aliphatic hydroxyl groups excluding tert-OH is 2. The molecule has 6 nitrogen and oxygen atoms in total. The van der Waals surface area contributed by atoms with Crippen molar-refractivity contribution in [2.24, 2.45) is 0 Å². The van der Waals surface area contributed by atoms with E-state index in [1.807, 2.05) is 0 Å². The number of nitrogens with one attached hydrogen (secondary N) is 1. The highest BCUT2D eigenvalue weighted by atomic mass is 16.5. The molecule has 2 unspecified atom stereocenters. The van der Waals surface area contributed by atoms with Crippen molar-refractivity contribution >= 4 is 11.9 Å². The molecule has 6 heteroatoms. The van der Waals surface area contributed by atoms with Crippen LogP contribution in [0.3, 0.4) is 0 Å². The highest BCUT2D eigenvalue weighted by Gasteiger charge is 2.20. The summed E-state index contributed by atoms with van der Waals surface area (Å²) in [7, 11) is 0. The van der Waals surface area contributed by atoms with Crippen LogP contribution < -0.4 is 5.32 Å². The lowest BCUT2D eigenvalue weighted by Gasteiger charge is -2.22. The van der Waals surface area contributed by atoms with E-state index in [-0.39, 0.29) is 18.5 Å². The molecule has 2 atom stereocenters. The van der Waals surface area contributed by atoms with E-state index in [0.717, 1.165) is 57.8 Å². The van der Waals surface area contributed by atoms with Gasteiger partial charge in [-0.3, -0.25) is 9.59 Å². The largest absolute Gasteiger partial charge is 0.466 e. The predicted octanol–water partition coefficient (Wildman–Crippen LogP) is 16.7. The van der Waals surface area contributed by atoms with Crippen LogP contribution in [0.2, 0.25) is 0 Å². The summed E-state index contributed by atoms with van der Waals surface area (Å²) in [4.78, 5) is 24.5. The van der Waals surface area contributed by atoms with E-state index in [2.05, 4.69) is 43.5 Å². The molecule has 0 bridgehead atoms. The Bertz CT molecular complexity index is 966. The van der Waals surface area contributed by atoms with Gasteiger partial charge in [0.2, 0.25) is 5.91 Å². The summed E-state index contributed by atoms with van der Waals surface area (Å²) in [5.74, 6) is -0.0615. The number of unbranched alkanes of at least 4 members (excludes halogenated alkanes) is 36. The molecule has 0 saturated carbocycles. The van der Waals surface area contributed by atoms with Crippen molar-refractivity contribution in [1.29, 1.82) is 0 Å². The normalized spacial score (nSPS) is 12.8. The maximum Gasteiger partial charge on any atom is 0.305 e. The van der Waals surface area contributed by atoms with Gasteiger partial charge in [0.05, 0.1) is 25.4 Å². The van der Waals surface area contributed by atoms with E-state index in [1.165, 1.54) is 205 Å². The van der Waals surface area contributed by atoms with Gasteiger partial charge in [-0.15, -0.1) is 0 Å². The Hall–Kier alpha value is -1.66. The topological polar surface area (TPSA) is 95.9 Å². The fraction of sp³-hybridized carbons (Fsp3) is 0.893. The average Bonchev–Trinajstić information content (AvgIpc) is 3.27. The van der Waals surface area contributed by atoms with Gasteiger partial charge in [0.1, 0.15) is 0 Å². The zero-order valence-corrected chi connectivity index (χ0v) is 41.6. The highest BCUT2D eigenvalue weighted by Crippen LogP contribution is 2.17. The Labute approximate surface area is 386 Å². The van der Waals surface area contributed by atoms with Gasteiger partial charge in [-0.1, -0.05) is 256 Å². The number of amides is 1. The Morgan fingerprint density at radius 2 is 0.839 bits per heavy atom. The first-order valence-electron chi connectivity index (χ1n) is 27.6. The van der Waals surface area contributed by atoms with Crippen molar-refractivity contribution < 1.29 is 24.5 Å². The molecule has 0 radical (unpaired) electrons. The van der Waals surface area contributed by atoms with E-state index >= 15 is 0 Å². The van der Waals surface area contributed by atoms with E-state index in [0.29, 0.717) is 25.9 Å². The average molecular weight is 874 g/mol. The number of rotatable bonds is 51. The quantitative estimate of drug-likeness (QED) is 0.0321. The Morgan fingerprint density at radius 1 is 0.452 bits per heavy atom. The van der Waals surface area contributed by atoms with Gasteiger partial charge in [0.15, 0.2) is 0 Å². The molecule has 0 aliphatic rings. The third-order valence-electron chi connectivity index (χ3n) is 12.7.